The number of halogens is 3. The standard InChI is InChI=1S/C14H15F3N4/c1-9-20-12(18-2)7-13(21-9)19-8-10-3-5-11(6-4-10)14(15,16)17/h3-7H,8H2,1-2H3,(H2,18,19,20,21). The van der Waals surface area contributed by atoms with Gasteiger partial charge in [0, 0.05) is 19.7 Å². The maximum atomic E-state index is 12.5. The van der Waals surface area contributed by atoms with Crippen LogP contribution in [0.15, 0.2) is 30.3 Å². The lowest BCUT2D eigenvalue weighted by molar-refractivity contribution is -0.137. The minimum absolute atomic E-state index is 0.387. The highest BCUT2D eigenvalue weighted by atomic mass is 19.4. The molecule has 1 aromatic carbocycles. The van der Waals surface area contributed by atoms with Crippen molar-refractivity contribution in [1.29, 1.82) is 0 Å². The molecule has 0 unspecified atom stereocenters. The van der Waals surface area contributed by atoms with Gasteiger partial charge in [0.1, 0.15) is 17.5 Å². The fourth-order valence-corrected chi connectivity index (χ4v) is 1.79. The Labute approximate surface area is 120 Å². The zero-order valence-corrected chi connectivity index (χ0v) is 11.6. The maximum absolute atomic E-state index is 12.5. The lowest BCUT2D eigenvalue weighted by Crippen LogP contribution is -2.07. The van der Waals surface area contributed by atoms with Crippen molar-refractivity contribution in [3.8, 4) is 0 Å². The average molecular weight is 296 g/mol. The first-order valence-electron chi connectivity index (χ1n) is 6.32. The maximum Gasteiger partial charge on any atom is 0.416 e. The second-order valence-electron chi connectivity index (χ2n) is 4.48. The Kier molecular flexibility index (Phi) is 4.30. The molecule has 0 amide bonds. The van der Waals surface area contributed by atoms with Gasteiger partial charge in [-0.2, -0.15) is 13.2 Å². The van der Waals surface area contributed by atoms with E-state index >= 15 is 0 Å². The van der Waals surface area contributed by atoms with Crippen LogP contribution in [0.1, 0.15) is 17.0 Å². The van der Waals surface area contributed by atoms with E-state index in [1.54, 1.807) is 20.0 Å². The molecule has 0 aliphatic heterocycles. The van der Waals surface area contributed by atoms with Crippen molar-refractivity contribution in [3.63, 3.8) is 0 Å². The van der Waals surface area contributed by atoms with Gasteiger partial charge in [0.05, 0.1) is 5.56 Å². The van der Waals surface area contributed by atoms with Gasteiger partial charge in [0.15, 0.2) is 0 Å². The van der Waals surface area contributed by atoms with Crippen LogP contribution in [0, 0.1) is 6.92 Å². The third-order valence-electron chi connectivity index (χ3n) is 2.85. The summed E-state index contributed by atoms with van der Waals surface area (Å²) in [6.07, 6.45) is -4.31. The summed E-state index contributed by atoms with van der Waals surface area (Å²) >= 11 is 0. The molecule has 2 N–H and O–H groups in total. The van der Waals surface area contributed by atoms with Crippen molar-refractivity contribution < 1.29 is 13.2 Å². The number of benzene rings is 1. The Morgan fingerprint density at radius 2 is 1.67 bits per heavy atom. The Morgan fingerprint density at radius 3 is 2.24 bits per heavy atom. The van der Waals surface area contributed by atoms with Gasteiger partial charge in [0.25, 0.3) is 0 Å². The minimum atomic E-state index is -4.31. The molecule has 0 spiro atoms. The van der Waals surface area contributed by atoms with Crippen LogP contribution in [-0.2, 0) is 12.7 Å². The average Bonchev–Trinajstić information content (AvgIpc) is 2.44. The molecule has 1 aromatic heterocycles. The molecule has 0 aliphatic carbocycles. The number of hydrogen-bond donors (Lipinski definition) is 2. The van der Waals surface area contributed by atoms with Crippen LogP contribution in [0.4, 0.5) is 24.8 Å². The largest absolute Gasteiger partial charge is 0.416 e. The molecule has 112 valence electrons. The van der Waals surface area contributed by atoms with E-state index in [0.29, 0.717) is 24.0 Å². The normalized spacial score (nSPS) is 11.3. The van der Waals surface area contributed by atoms with E-state index in [4.69, 9.17) is 0 Å². The number of aryl methyl sites for hydroxylation is 1. The van der Waals surface area contributed by atoms with Crippen LogP contribution in [0.2, 0.25) is 0 Å². The van der Waals surface area contributed by atoms with Crippen molar-refractivity contribution in [1.82, 2.24) is 9.97 Å². The number of nitrogens with zero attached hydrogens (tertiary/aromatic N) is 2. The van der Waals surface area contributed by atoms with E-state index < -0.39 is 11.7 Å². The summed E-state index contributed by atoms with van der Waals surface area (Å²) in [5.41, 5.74) is 0.0897. The SMILES string of the molecule is CNc1cc(NCc2ccc(C(F)(F)F)cc2)nc(C)n1. The topological polar surface area (TPSA) is 49.8 Å². The molecule has 4 nitrogen and oxygen atoms in total. The van der Waals surface area contributed by atoms with Gasteiger partial charge in [0.2, 0.25) is 0 Å². The number of anilines is 2. The van der Waals surface area contributed by atoms with Crippen molar-refractivity contribution in [2.75, 3.05) is 17.7 Å². The summed E-state index contributed by atoms with van der Waals surface area (Å²) in [5, 5.41) is 5.98. The number of alkyl halides is 3. The molecule has 7 heteroatoms. The summed E-state index contributed by atoms with van der Waals surface area (Å²) in [6.45, 7) is 2.15. The fourth-order valence-electron chi connectivity index (χ4n) is 1.79. The molecule has 0 radical (unpaired) electrons. The zero-order valence-electron chi connectivity index (χ0n) is 11.6. The Balaban J connectivity index is 2.05. The van der Waals surface area contributed by atoms with Crippen molar-refractivity contribution >= 4 is 11.6 Å². The third-order valence-corrected chi connectivity index (χ3v) is 2.85. The van der Waals surface area contributed by atoms with Crippen LogP contribution < -0.4 is 10.6 Å². The second kappa shape index (κ2) is 5.99. The van der Waals surface area contributed by atoms with Gasteiger partial charge in [-0.3, -0.25) is 0 Å². The smallest absolute Gasteiger partial charge is 0.373 e. The van der Waals surface area contributed by atoms with Gasteiger partial charge < -0.3 is 10.6 Å². The van der Waals surface area contributed by atoms with Crippen molar-refractivity contribution in [2.45, 2.75) is 19.6 Å². The molecular formula is C14H15F3N4. The fraction of sp³-hybridized carbons (Fsp3) is 0.286. The molecule has 1 heterocycles. The van der Waals surface area contributed by atoms with Gasteiger partial charge in [-0.1, -0.05) is 12.1 Å². The monoisotopic (exact) mass is 296 g/mol. The highest BCUT2D eigenvalue weighted by Gasteiger charge is 2.29. The highest BCUT2D eigenvalue weighted by Crippen LogP contribution is 2.29. The molecular weight excluding hydrogens is 281 g/mol. The molecule has 0 fully saturated rings. The number of nitrogens with one attached hydrogen (secondary N) is 2. The van der Waals surface area contributed by atoms with Crippen LogP contribution >= 0.6 is 0 Å². The molecule has 0 saturated carbocycles. The van der Waals surface area contributed by atoms with E-state index in [2.05, 4.69) is 20.6 Å². The summed E-state index contributed by atoms with van der Waals surface area (Å²) in [7, 11) is 1.75. The van der Waals surface area contributed by atoms with Crippen LogP contribution in [0.25, 0.3) is 0 Å². The van der Waals surface area contributed by atoms with Crippen LogP contribution in [0.3, 0.4) is 0 Å². The van der Waals surface area contributed by atoms with E-state index in [9.17, 15) is 13.2 Å². The van der Waals surface area contributed by atoms with Gasteiger partial charge in [-0.25, -0.2) is 9.97 Å². The Bertz CT molecular complexity index is 609. The number of hydrogen-bond acceptors (Lipinski definition) is 4. The molecule has 2 rings (SSSR count). The van der Waals surface area contributed by atoms with Crippen LogP contribution in [-0.4, -0.2) is 17.0 Å². The van der Waals surface area contributed by atoms with E-state index in [1.807, 2.05) is 0 Å². The van der Waals surface area contributed by atoms with Gasteiger partial charge >= 0.3 is 6.18 Å². The third kappa shape index (κ3) is 4.08. The summed E-state index contributed by atoms with van der Waals surface area (Å²) in [5.74, 6) is 1.90. The summed E-state index contributed by atoms with van der Waals surface area (Å²) in [6, 6.07) is 6.77. The first-order chi connectivity index (χ1) is 9.88. The number of aromatic nitrogens is 2. The van der Waals surface area contributed by atoms with Crippen LogP contribution in [0.5, 0.6) is 0 Å². The highest BCUT2D eigenvalue weighted by molar-refractivity contribution is 5.47. The molecule has 2 aromatic rings. The van der Waals surface area contributed by atoms with Gasteiger partial charge in [-0.05, 0) is 24.6 Å². The predicted octanol–water partition coefficient (Wildman–Crippen LogP) is 3.46. The number of rotatable bonds is 4. The first-order valence-corrected chi connectivity index (χ1v) is 6.32. The second-order valence-corrected chi connectivity index (χ2v) is 4.48. The quantitative estimate of drug-likeness (QED) is 0.907. The predicted molar refractivity (Wildman–Crippen MR) is 75.1 cm³/mol. The molecule has 0 bridgehead atoms. The molecule has 0 atom stereocenters. The molecule has 21 heavy (non-hydrogen) atoms. The van der Waals surface area contributed by atoms with E-state index in [-0.39, 0.29) is 0 Å². The van der Waals surface area contributed by atoms with Crippen molar-refractivity contribution in [3.05, 3.63) is 47.3 Å². The van der Waals surface area contributed by atoms with E-state index in [1.165, 1.54) is 12.1 Å². The van der Waals surface area contributed by atoms with Crippen molar-refractivity contribution in [2.24, 2.45) is 0 Å². The molecule has 0 aliphatic rings. The zero-order chi connectivity index (χ0) is 15.5. The molecule has 0 saturated heterocycles. The van der Waals surface area contributed by atoms with E-state index in [0.717, 1.165) is 17.7 Å². The Morgan fingerprint density at radius 1 is 1.05 bits per heavy atom. The van der Waals surface area contributed by atoms with Gasteiger partial charge in [-0.15, -0.1) is 0 Å². The summed E-state index contributed by atoms with van der Waals surface area (Å²) in [4.78, 5) is 8.37. The minimum Gasteiger partial charge on any atom is -0.373 e. The Hall–Kier alpha value is -2.31. The first kappa shape index (κ1) is 15.1. The lowest BCUT2D eigenvalue weighted by atomic mass is 10.1. The lowest BCUT2D eigenvalue weighted by Gasteiger charge is -2.10. The summed E-state index contributed by atoms with van der Waals surface area (Å²) < 4.78 is 37.4.